The molecule has 1 heterocycles. The van der Waals surface area contributed by atoms with Crippen molar-refractivity contribution in [1.29, 1.82) is 0 Å². The predicted molar refractivity (Wildman–Crippen MR) is 76.8 cm³/mol. The molecule has 100 valence electrons. The lowest BCUT2D eigenvalue weighted by Crippen LogP contribution is -2.47. The maximum Gasteiger partial charge on any atom is 0.149 e. The molecule has 0 amide bonds. The average Bonchev–Trinajstić information content (AvgIpc) is 2.81. The van der Waals surface area contributed by atoms with Crippen molar-refractivity contribution in [3.63, 3.8) is 0 Å². The Morgan fingerprint density at radius 3 is 2.67 bits per heavy atom. The van der Waals surface area contributed by atoms with Gasteiger partial charge in [0.05, 0.1) is 5.69 Å². The molecule has 0 atom stereocenters. The fraction of sp³-hybridized carbons (Fsp3) is 0.643. The van der Waals surface area contributed by atoms with Gasteiger partial charge in [-0.25, -0.2) is 4.98 Å². The van der Waals surface area contributed by atoms with E-state index in [9.17, 15) is 0 Å². The van der Waals surface area contributed by atoms with Crippen molar-refractivity contribution in [2.45, 2.75) is 38.1 Å². The molecule has 0 unspecified atom stereocenters. The first-order valence-corrected chi connectivity index (χ1v) is 6.67. The summed E-state index contributed by atoms with van der Waals surface area (Å²) in [4.78, 5) is 6.68. The van der Waals surface area contributed by atoms with Crippen LogP contribution in [-0.4, -0.2) is 36.1 Å². The van der Waals surface area contributed by atoms with Crippen molar-refractivity contribution in [2.24, 2.45) is 0 Å². The van der Waals surface area contributed by atoms with Gasteiger partial charge in [0, 0.05) is 18.3 Å². The van der Waals surface area contributed by atoms with Crippen molar-refractivity contribution < 1.29 is 0 Å². The predicted octanol–water partition coefficient (Wildman–Crippen LogP) is 2.26. The van der Waals surface area contributed by atoms with E-state index < -0.39 is 0 Å². The Hall–Kier alpha value is -1.29. The van der Waals surface area contributed by atoms with E-state index in [1.807, 2.05) is 19.2 Å². The van der Waals surface area contributed by atoms with Gasteiger partial charge in [-0.05, 0) is 45.5 Å². The van der Waals surface area contributed by atoms with Gasteiger partial charge in [0.15, 0.2) is 0 Å². The standard InChI is InChI=1S/C14H24N4/c1-11-6-9-16-13(12(11)15)17-10-14(18(2)3)7-4-5-8-14/h6,9H,4-5,7-8,10,15H2,1-3H3,(H,16,17). The Balaban J connectivity index is 2.08. The molecule has 4 heteroatoms. The Morgan fingerprint density at radius 1 is 1.39 bits per heavy atom. The molecule has 0 aliphatic heterocycles. The summed E-state index contributed by atoms with van der Waals surface area (Å²) in [5.41, 5.74) is 8.16. The number of aromatic nitrogens is 1. The van der Waals surface area contributed by atoms with E-state index >= 15 is 0 Å². The van der Waals surface area contributed by atoms with Crippen LogP contribution in [0.15, 0.2) is 12.3 Å². The quantitative estimate of drug-likeness (QED) is 0.858. The summed E-state index contributed by atoms with van der Waals surface area (Å²) in [6.07, 6.45) is 6.94. The molecule has 4 nitrogen and oxygen atoms in total. The lowest BCUT2D eigenvalue weighted by molar-refractivity contribution is 0.172. The normalized spacial score (nSPS) is 18.2. The molecule has 1 aliphatic rings. The van der Waals surface area contributed by atoms with Crippen LogP contribution < -0.4 is 11.1 Å². The summed E-state index contributed by atoms with van der Waals surface area (Å²) in [5.74, 6) is 0.822. The molecule has 0 bridgehead atoms. The third-order valence-electron chi connectivity index (χ3n) is 4.28. The van der Waals surface area contributed by atoms with E-state index in [2.05, 4.69) is 29.3 Å². The molecule has 0 spiro atoms. The number of nitrogen functional groups attached to an aromatic ring is 1. The third kappa shape index (κ3) is 2.43. The number of aryl methyl sites for hydroxylation is 1. The first-order valence-electron chi connectivity index (χ1n) is 6.67. The zero-order valence-corrected chi connectivity index (χ0v) is 11.7. The SMILES string of the molecule is Cc1ccnc(NCC2(N(C)C)CCCC2)c1N. The maximum atomic E-state index is 6.05. The van der Waals surface area contributed by atoms with Crippen LogP contribution in [0.5, 0.6) is 0 Å². The molecule has 0 radical (unpaired) electrons. The van der Waals surface area contributed by atoms with Gasteiger partial charge in [-0.2, -0.15) is 0 Å². The number of hydrogen-bond donors (Lipinski definition) is 2. The van der Waals surface area contributed by atoms with Crippen LogP contribution in [0.4, 0.5) is 11.5 Å². The van der Waals surface area contributed by atoms with Gasteiger partial charge in [0.2, 0.25) is 0 Å². The topological polar surface area (TPSA) is 54.2 Å². The molecule has 1 fully saturated rings. The first kappa shape index (κ1) is 13.1. The van der Waals surface area contributed by atoms with Gasteiger partial charge < -0.3 is 16.0 Å². The highest BCUT2D eigenvalue weighted by Gasteiger charge is 2.35. The molecule has 1 aromatic heterocycles. The average molecular weight is 248 g/mol. The minimum Gasteiger partial charge on any atom is -0.396 e. The molecule has 18 heavy (non-hydrogen) atoms. The number of likely N-dealkylation sites (N-methyl/N-ethyl adjacent to an activating group) is 1. The van der Waals surface area contributed by atoms with Gasteiger partial charge in [0.25, 0.3) is 0 Å². The highest BCUT2D eigenvalue weighted by molar-refractivity contribution is 5.65. The van der Waals surface area contributed by atoms with Crippen molar-refractivity contribution in [3.05, 3.63) is 17.8 Å². The second-order valence-electron chi connectivity index (χ2n) is 5.57. The van der Waals surface area contributed by atoms with Gasteiger partial charge in [-0.15, -0.1) is 0 Å². The number of nitrogens with zero attached hydrogens (tertiary/aromatic N) is 2. The van der Waals surface area contributed by atoms with E-state index in [0.29, 0.717) is 0 Å². The number of rotatable bonds is 4. The Labute approximate surface area is 110 Å². The summed E-state index contributed by atoms with van der Waals surface area (Å²) in [5, 5.41) is 3.44. The summed E-state index contributed by atoms with van der Waals surface area (Å²) < 4.78 is 0. The second-order valence-corrected chi connectivity index (χ2v) is 5.57. The monoisotopic (exact) mass is 248 g/mol. The van der Waals surface area contributed by atoms with Crippen LogP contribution in [0.25, 0.3) is 0 Å². The van der Waals surface area contributed by atoms with Crippen LogP contribution >= 0.6 is 0 Å². The van der Waals surface area contributed by atoms with Crippen LogP contribution in [-0.2, 0) is 0 Å². The van der Waals surface area contributed by atoms with E-state index in [0.717, 1.165) is 23.6 Å². The molecule has 3 N–H and O–H groups in total. The first-order chi connectivity index (χ1) is 8.55. The minimum absolute atomic E-state index is 0.262. The molecule has 0 saturated heterocycles. The maximum absolute atomic E-state index is 6.05. The fourth-order valence-electron chi connectivity index (χ4n) is 2.77. The molecular formula is C14H24N4. The molecule has 0 aromatic carbocycles. The number of pyridine rings is 1. The Morgan fingerprint density at radius 2 is 2.06 bits per heavy atom. The number of nitrogens with two attached hydrogens (primary N) is 1. The van der Waals surface area contributed by atoms with Gasteiger partial charge >= 0.3 is 0 Å². The van der Waals surface area contributed by atoms with Gasteiger partial charge in [-0.3, -0.25) is 0 Å². The molecule has 1 aromatic rings. The third-order valence-corrected chi connectivity index (χ3v) is 4.28. The summed E-state index contributed by atoms with van der Waals surface area (Å²) >= 11 is 0. The van der Waals surface area contributed by atoms with Crippen molar-refractivity contribution in [3.8, 4) is 0 Å². The van der Waals surface area contributed by atoms with E-state index in [4.69, 9.17) is 5.73 Å². The highest BCUT2D eigenvalue weighted by atomic mass is 15.2. The van der Waals surface area contributed by atoms with Gasteiger partial charge in [-0.1, -0.05) is 12.8 Å². The fourth-order valence-corrected chi connectivity index (χ4v) is 2.77. The molecule has 1 aliphatic carbocycles. The van der Waals surface area contributed by atoms with Gasteiger partial charge in [0.1, 0.15) is 5.82 Å². The Kier molecular flexibility index (Phi) is 3.76. The number of anilines is 2. The smallest absolute Gasteiger partial charge is 0.149 e. The van der Waals surface area contributed by atoms with Crippen molar-refractivity contribution in [2.75, 3.05) is 31.7 Å². The van der Waals surface area contributed by atoms with E-state index in [1.165, 1.54) is 25.7 Å². The number of hydrogen-bond acceptors (Lipinski definition) is 4. The lowest BCUT2D eigenvalue weighted by Gasteiger charge is -2.36. The molecule has 1 saturated carbocycles. The molecular weight excluding hydrogens is 224 g/mol. The summed E-state index contributed by atoms with van der Waals surface area (Å²) in [6, 6.07) is 1.94. The number of nitrogens with one attached hydrogen (secondary N) is 1. The van der Waals surface area contributed by atoms with Crippen LogP contribution in [0.3, 0.4) is 0 Å². The second kappa shape index (κ2) is 5.14. The van der Waals surface area contributed by atoms with Crippen molar-refractivity contribution in [1.82, 2.24) is 9.88 Å². The van der Waals surface area contributed by atoms with Crippen molar-refractivity contribution >= 4 is 11.5 Å². The summed E-state index contributed by atoms with van der Waals surface area (Å²) in [7, 11) is 4.33. The highest BCUT2D eigenvalue weighted by Crippen LogP contribution is 2.34. The van der Waals surface area contributed by atoms with Crippen LogP contribution in [0.1, 0.15) is 31.2 Å². The minimum atomic E-state index is 0.262. The van der Waals surface area contributed by atoms with Crippen LogP contribution in [0.2, 0.25) is 0 Å². The lowest BCUT2D eigenvalue weighted by atomic mass is 9.96. The van der Waals surface area contributed by atoms with E-state index in [1.54, 1.807) is 0 Å². The zero-order valence-electron chi connectivity index (χ0n) is 11.7. The largest absolute Gasteiger partial charge is 0.396 e. The van der Waals surface area contributed by atoms with E-state index in [-0.39, 0.29) is 5.54 Å². The summed E-state index contributed by atoms with van der Waals surface area (Å²) in [6.45, 7) is 2.93. The molecule has 2 rings (SSSR count). The Bertz CT molecular complexity index is 408. The zero-order chi connectivity index (χ0) is 13.2. The van der Waals surface area contributed by atoms with Crippen LogP contribution in [0, 0.1) is 6.92 Å².